The molecule has 0 heterocycles. The van der Waals surface area contributed by atoms with Crippen LogP contribution in [0.1, 0.15) is 33.6 Å². The molecule has 0 spiro atoms. The van der Waals surface area contributed by atoms with Crippen LogP contribution in [0.3, 0.4) is 0 Å². The van der Waals surface area contributed by atoms with Crippen LogP contribution in [0, 0.1) is 10.8 Å². The lowest BCUT2D eigenvalue weighted by Crippen LogP contribution is -2.83. The summed E-state index contributed by atoms with van der Waals surface area (Å²) in [7, 11) is 0. The average molecular weight is 342 g/mol. The molecule has 0 radical (unpaired) electrons. The summed E-state index contributed by atoms with van der Waals surface area (Å²) in [6.45, 7) is -1.90. The zero-order valence-corrected chi connectivity index (χ0v) is 12.0. The Labute approximate surface area is 121 Å². The molecule has 22 heavy (non-hydrogen) atoms. The summed E-state index contributed by atoms with van der Waals surface area (Å²) in [4.78, 5) is 0. The Morgan fingerprint density at radius 1 is 0.682 bits per heavy atom. The SMILES string of the molecule is CC1(F)CC2(C)CC(F)(CF)C(F)(F)C(C)(C1(F)F)C2(F)F. The number of hydrogen-bond acceptors (Lipinski definition) is 0. The molecular weight excluding hydrogens is 327 g/mol. The maximum absolute atomic E-state index is 14.5. The molecule has 9 heteroatoms. The first-order chi connectivity index (χ1) is 9.47. The molecule has 0 nitrogen and oxygen atoms in total. The van der Waals surface area contributed by atoms with Crippen LogP contribution in [0.2, 0.25) is 0 Å². The fourth-order valence-corrected chi connectivity index (χ4v) is 4.15. The van der Waals surface area contributed by atoms with Gasteiger partial charge in [0.05, 0.1) is 0 Å². The Morgan fingerprint density at radius 3 is 1.55 bits per heavy atom. The minimum Gasteiger partial charge on any atom is -0.247 e. The van der Waals surface area contributed by atoms with Crippen molar-refractivity contribution >= 4 is 0 Å². The van der Waals surface area contributed by atoms with E-state index in [-0.39, 0.29) is 13.8 Å². The zero-order valence-electron chi connectivity index (χ0n) is 12.0. The molecule has 0 aliphatic heterocycles. The van der Waals surface area contributed by atoms with Crippen LogP contribution in [-0.4, -0.2) is 35.8 Å². The topological polar surface area (TPSA) is 0 Å². The molecule has 2 rings (SSSR count). The fourth-order valence-electron chi connectivity index (χ4n) is 4.15. The summed E-state index contributed by atoms with van der Waals surface area (Å²) >= 11 is 0. The lowest BCUT2D eigenvalue weighted by atomic mass is 9.44. The Hall–Kier alpha value is -0.630. The molecule has 0 aromatic rings. The van der Waals surface area contributed by atoms with Gasteiger partial charge in [-0.2, -0.15) is 0 Å². The van der Waals surface area contributed by atoms with E-state index in [1.165, 1.54) is 0 Å². The van der Waals surface area contributed by atoms with Crippen molar-refractivity contribution in [1.82, 2.24) is 0 Å². The van der Waals surface area contributed by atoms with Gasteiger partial charge < -0.3 is 0 Å². The summed E-state index contributed by atoms with van der Waals surface area (Å²) < 4.78 is 127. The van der Waals surface area contributed by atoms with Crippen molar-refractivity contribution in [2.24, 2.45) is 10.8 Å². The van der Waals surface area contributed by atoms with E-state index < -0.39 is 59.5 Å². The average Bonchev–Trinajstić information content (AvgIpc) is 2.33. The summed E-state index contributed by atoms with van der Waals surface area (Å²) in [6, 6.07) is 0. The van der Waals surface area contributed by atoms with Gasteiger partial charge in [-0.1, -0.05) is 6.92 Å². The largest absolute Gasteiger partial charge is 0.301 e. The normalized spacial score (nSPS) is 52.4. The molecular formula is C13H15F9. The number of alkyl halides is 9. The number of fused-ring (bicyclic) bond motifs is 2. The van der Waals surface area contributed by atoms with Crippen molar-refractivity contribution < 1.29 is 39.5 Å². The van der Waals surface area contributed by atoms with E-state index in [2.05, 4.69) is 0 Å². The summed E-state index contributed by atoms with van der Waals surface area (Å²) in [5.74, 6) is -15.5. The first-order valence-corrected chi connectivity index (χ1v) is 6.55. The highest BCUT2D eigenvalue weighted by atomic mass is 19.3. The number of rotatable bonds is 1. The van der Waals surface area contributed by atoms with Gasteiger partial charge in [0, 0.05) is 11.8 Å². The van der Waals surface area contributed by atoms with Gasteiger partial charge in [-0.15, -0.1) is 0 Å². The molecule has 0 amide bonds. The predicted molar refractivity (Wildman–Crippen MR) is 59.6 cm³/mol. The molecule has 0 aromatic carbocycles. The van der Waals surface area contributed by atoms with Crippen LogP contribution in [-0.2, 0) is 0 Å². The number of halogens is 9. The second-order valence-electron chi connectivity index (χ2n) is 7.06. The molecule has 4 unspecified atom stereocenters. The molecule has 2 fully saturated rings. The van der Waals surface area contributed by atoms with Gasteiger partial charge in [0.1, 0.15) is 6.67 Å². The summed E-state index contributed by atoms with van der Waals surface area (Å²) in [5.41, 5.74) is -15.5. The highest BCUT2D eigenvalue weighted by molar-refractivity contribution is 5.30. The van der Waals surface area contributed by atoms with E-state index in [1.54, 1.807) is 0 Å². The predicted octanol–water partition coefficient (Wildman–Crippen LogP) is 5.12. The van der Waals surface area contributed by atoms with Gasteiger partial charge >= 0.3 is 5.92 Å². The van der Waals surface area contributed by atoms with E-state index in [0.717, 1.165) is 0 Å². The molecule has 0 aromatic heterocycles. The third kappa shape index (κ3) is 1.40. The molecule has 2 bridgehead atoms. The molecule has 2 aliphatic carbocycles. The van der Waals surface area contributed by atoms with Crippen LogP contribution in [0.15, 0.2) is 0 Å². The Balaban J connectivity index is 2.88. The highest BCUT2D eigenvalue weighted by Crippen LogP contribution is 2.78. The quantitative estimate of drug-likeness (QED) is 0.581. The van der Waals surface area contributed by atoms with Crippen molar-refractivity contribution in [3.05, 3.63) is 0 Å². The maximum atomic E-state index is 14.5. The van der Waals surface area contributed by atoms with Crippen LogP contribution < -0.4 is 0 Å². The van der Waals surface area contributed by atoms with E-state index in [1.807, 2.05) is 0 Å². The Morgan fingerprint density at radius 2 is 1.14 bits per heavy atom. The second kappa shape index (κ2) is 3.88. The van der Waals surface area contributed by atoms with Gasteiger partial charge in [0.15, 0.2) is 11.1 Å². The Kier molecular flexibility index (Phi) is 3.13. The van der Waals surface area contributed by atoms with Gasteiger partial charge in [-0.25, -0.2) is 39.5 Å². The monoisotopic (exact) mass is 342 g/mol. The van der Waals surface area contributed by atoms with E-state index in [4.69, 9.17) is 0 Å². The van der Waals surface area contributed by atoms with Crippen molar-refractivity contribution in [3.8, 4) is 0 Å². The molecule has 4 atom stereocenters. The maximum Gasteiger partial charge on any atom is 0.301 e. The van der Waals surface area contributed by atoms with E-state index >= 15 is 0 Å². The molecule has 0 N–H and O–H groups in total. The molecule has 130 valence electrons. The van der Waals surface area contributed by atoms with Gasteiger partial charge in [0.25, 0.3) is 11.8 Å². The lowest BCUT2D eigenvalue weighted by Gasteiger charge is -2.66. The van der Waals surface area contributed by atoms with Crippen molar-refractivity contribution in [2.75, 3.05) is 6.67 Å². The lowest BCUT2D eigenvalue weighted by molar-refractivity contribution is -0.450. The fraction of sp³-hybridized carbons (Fsp3) is 1.00. The first kappa shape index (κ1) is 17.7. The summed E-state index contributed by atoms with van der Waals surface area (Å²) in [5, 5.41) is 0. The standard InChI is InChI=1S/C13H15F9/c1-7-4-8(2,15)12(19,20)9(3,11(7,17)18)13(21,22)10(16,5-7)6-14/h4-6H2,1-3H3. The van der Waals surface area contributed by atoms with Crippen molar-refractivity contribution in [3.63, 3.8) is 0 Å². The van der Waals surface area contributed by atoms with Crippen LogP contribution in [0.25, 0.3) is 0 Å². The van der Waals surface area contributed by atoms with Crippen LogP contribution in [0.5, 0.6) is 0 Å². The second-order valence-corrected chi connectivity index (χ2v) is 7.06. The molecule has 0 saturated heterocycles. The smallest absolute Gasteiger partial charge is 0.247 e. The van der Waals surface area contributed by atoms with E-state index in [0.29, 0.717) is 6.92 Å². The third-order valence-electron chi connectivity index (χ3n) is 5.46. The zero-order chi connectivity index (χ0) is 17.6. The minimum absolute atomic E-state index is 0.232. The first-order valence-electron chi connectivity index (χ1n) is 6.55. The van der Waals surface area contributed by atoms with E-state index in [9.17, 15) is 39.5 Å². The molecule has 2 saturated carbocycles. The van der Waals surface area contributed by atoms with Crippen molar-refractivity contribution in [1.29, 1.82) is 0 Å². The van der Waals surface area contributed by atoms with Crippen LogP contribution >= 0.6 is 0 Å². The third-order valence-corrected chi connectivity index (χ3v) is 5.46. The van der Waals surface area contributed by atoms with Gasteiger partial charge in [-0.3, -0.25) is 0 Å². The van der Waals surface area contributed by atoms with Crippen LogP contribution in [0.4, 0.5) is 39.5 Å². The minimum atomic E-state index is -5.46. The molecule has 2 aliphatic rings. The van der Waals surface area contributed by atoms with Gasteiger partial charge in [0.2, 0.25) is 5.67 Å². The summed E-state index contributed by atoms with van der Waals surface area (Å²) in [6.07, 6.45) is -3.31. The van der Waals surface area contributed by atoms with Gasteiger partial charge in [-0.05, 0) is 20.3 Å². The number of hydrogen-bond donors (Lipinski definition) is 0. The Bertz CT molecular complexity index is 490. The highest BCUT2D eigenvalue weighted by Gasteiger charge is 2.94. The van der Waals surface area contributed by atoms with Crippen molar-refractivity contribution in [2.45, 2.75) is 62.7 Å².